The molecule has 3 aromatic rings. The molecule has 0 spiro atoms. The molecule has 0 atom stereocenters. The second-order valence-electron chi connectivity index (χ2n) is 4.77. The van der Waals surface area contributed by atoms with Crippen molar-refractivity contribution < 1.29 is 0 Å². The molecule has 20 heavy (non-hydrogen) atoms. The molecule has 0 N–H and O–H groups in total. The first-order valence-electron chi connectivity index (χ1n) is 6.60. The zero-order valence-corrected chi connectivity index (χ0v) is 12.4. The van der Waals surface area contributed by atoms with Gasteiger partial charge in [0.25, 0.3) is 0 Å². The van der Waals surface area contributed by atoms with E-state index in [2.05, 4.69) is 29.1 Å². The highest BCUT2D eigenvalue weighted by Gasteiger charge is 2.15. The molecule has 0 amide bonds. The highest BCUT2D eigenvalue weighted by molar-refractivity contribution is 6.34. The molecule has 0 aliphatic carbocycles. The van der Waals surface area contributed by atoms with Gasteiger partial charge in [-0.15, -0.1) is 10.2 Å². The molecule has 0 aliphatic heterocycles. The topological polar surface area (TPSA) is 43.6 Å². The Hall–Kier alpha value is -1.94. The van der Waals surface area contributed by atoms with Gasteiger partial charge in [-0.05, 0) is 25.8 Å². The van der Waals surface area contributed by atoms with Crippen molar-refractivity contribution in [2.75, 3.05) is 0 Å². The average Bonchev–Trinajstić information content (AvgIpc) is 2.74. The number of nitrogens with zero attached hydrogens (tertiary/aromatic N) is 4. The summed E-state index contributed by atoms with van der Waals surface area (Å²) in [5.41, 5.74) is 3.39. The standard InChI is InChI=1S/C15H15ClN4/c1-4-11-9(2)19-20(10(11)3)15-13-8-6-5-7-12(13)14(16)17-18-15/h5-8H,4H2,1-3H3. The summed E-state index contributed by atoms with van der Waals surface area (Å²) >= 11 is 6.12. The zero-order chi connectivity index (χ0) is 14.3. The lowest BCUT2D eigenvalue weighted by Crippen LogP contribution is -2.05. The molecular formula is C15H15ClN4. The van der Waals surface area contributed by atoms with Crippen LogP contribution in [0.5, 0.6) is 0 Å². The third kappa shape index (κ3) is 1.88. The van der Waals surface area contributed by atoms with Crippen LogP contribution in [-0.4, -0.2) is 20.0 Å². The molecular weight excluding hydrogens is 272 g/mol. The van der Waals surface area contributed by atoms with Crippen LogP contribution in [-0.2, 0) is 6.42 Å². The molecule has 0 saturated carbocycles. The SMILES string of the molecule is CCc1c(C)nn(-c2nnc(Cl)c3ccccc23)c1C. The lowest BCUT2D eigenvalue weighted by Gasteiger charge is -2.07. The lowest BCUT2D eigenvalue weighted by molar-refractivity contribution is 0.790. The van der Waals surface area contributed by atoms with E-state index >= 15 is 0 Å². The molecule has 3 rings (SSSR count). The fourth-order valence-electron chi connectivity index (χ4n) is 2.61. The molecule has 5 heteroatoms. The molecule has 0 bridgehead atoms. The van der Waals surface area contributed by atoms with E-state index in [1.54, 1.807) is 0 Å². The van der Waals surface area contributed by atoms with Gasteiger partial charge in [0.2, 0.25) is 0 Å². The van der Waals surface area contributed by atoms with Crippen LogP contribution in [0.15, 0.2) is 24.3 Å². The number of rotatable bonds is 2. The first-order valence-corrected chi connectivity index (χ1v) is 6.97. The monoisotopic (exact) mass is 286 g/mol. The van der Waals surface area contributed by atoms with E-state index in [4.69, 9.17) is 11.6 Å². The van der Waals surface area contributed by atoms with Crippen molar-refractivity contribution in [1.82, 2.24) is 20.0 Å². The summed E-state index contributed by atoms with van der Waals surface area (Å²) in [7, 11) is 0. The minimum atomic E-state index is 0.418. The van der Waals surface area contributed by atoms with Crippen molar-refractivity contribution in [2.24, 2.45) is 0 Å². The molecule has 2 aromatic heterocycles. The number of hydrogen-bond donors (Lipinski definition) is 0. The Labute approximate surface area is 122 Å². The fourth-order valence-corrected chi connectivity index (χ4v) is 2.81. The molecule has 1 aromatic carbocycles. The maximum atomic E-state index is 6.12. The minimum absolute atomic E-state index is 0.418. The average molecular weight is 287 g/mol. The molecule has 0 radical (unpaired) electrons. The van der Waals surface area contributed by atoms with E-state index in [0.29, 0.717) is 5.15 Å². The summed E-state index contributed by atoms with van der Waals surface area (Å²) in [6, 6.07) is 7.85. The summed E-state index contributed by atoms with van der Waals surface area (Å²) in [6.07, 6.45) is 0.955. The number of halogens is 1. The van der Waals surface area contributed by atoms with E-state index in [1.807, 2.05) is 35.9 Å². The fraction of sp³-hybridized carbons (Fsp3) is 0.267. The molecule has 102 valence electrons. The van der Waals surface area contributed by atoms with Gasteiger partial charge >= 0.3 is 0 Å². The van der Waals surface area contributed by atoms with Crippen molar-refractivity contribution in [3.63, 3.8) is 0 Å². The second-order valence-corrected chi connectivity index (χ2v) is 5.13. The second kappa shape index (κ2) is 4.87. The summed E-state index contributed by atoms with van der Waals surface area (Å²) in [6.45, 7) is 6.21. The van der Waals surface area contributed by atoms with Gasteiger partial charge in [-0.25, -0.2) is 4.68 Å². The third-order valence-corrected chi connectivity index (χ3v) is 3.90. The summed E-state index contributed by atoms with van der Waals surface area (Å²) in [5.74, 6) is 0.727. The highest BCUT2D eigenvalue weighted by atomic mass is 35.5. The number of benzene rings is 1. The number of fused-ring (bicyclic) bond motifs is 1. The van der Waals surface area contributed by atoms with E-state index < -0.39 is 0 Å². The number of aromatic nitrogens is 4. The molecule has 0 fully saturated rings. The maximum Gasteiger partial charge on any atom is 0.183 e. The molecule has 0 unspecified atom stereocenters. The highest BCUT2D eigenvalue weighted by Crippen LogP contribution is 2.26. The van der Waals surface area contributed by atoms with Crippen molar-refractivity contribution in [3.8, 4) is 5.82 Å². The lowest BCUT2D eigenvalue weighted by atomic mass is 10.1. The van der Waals surface area contributed by atoms with Crippen LogP contribution in [0.1, 0.15) is 23.9 Å². The van der Waals surface area contributed by atoms with Crippen LogP contribution in [0.4, 0.5) is 0 Å². The van der Waals surface area contributed by atoms with Crippen molar-refractivity contribution >= 4 is 22.4 Å². The van der Waals surface area contributed by atoms with E-state index in [1.165, 1.54) is 5.56 Å². The van der Waals surface area contributed by atoms with E-state index in [0.717, 1.165) is 34.4 Å². The normalized spacial score (nSPS) is 11.2. The van der Waals surface area contributed by atoms with Gasteiger partial charge in [-0.3, -0.25) is 0 Å². The third-order valence-electron chi connectivity index (χ3n) is 3.62. The smallest absolute Gasteiger partial charge is 0.183 e. The first-order chi connectivity index (χ1) is 9.63. The first kappa shape index (κ1) is 13.1. The van der Waals surface area contributed by atoms with Crippen LogP contribution < -0.4 is 0 Å². The van der Waals surface area contributed by atoms with Crippen LogP contribution in [0.25, 0.3) is 16.6 Å². The van der Waals surface area contributed by atoms with E-state index in [9.17, 15) is 0 Å². The predicted octanol–water partition coefficient (Wildman–Crippen LogP) is 3.65. The molecule has 0 saturated heterocycles. The van der Waals surface area contributed by atoms with Gasteiger partial charge in [0, 0.05) is 16.5 Å². The van der Waals surface area contributed by atoms with Gasteiger partial charge in [-0.1, -0.05) is 42.8 Å². The van der Waals surface area contributed by atoms with Gasteiger partial charge in [0.15, 0.2) is 11.0 Å². The van der Waals surface area contributed by atoms with Crippen LogP contribution in [0.3, 0.4) is 0 Å². The Morgan fingerprint density at radius 1 is 1.10 bits per heavy atom. The van der Waals surface area contributed by atoms with Gasteiger partial charge < -0.3 is 0 Å². The summed E-state index contributed by atoms with van der Waals surface area (Å²) in [4.78, 5) is 0. The Kier molecular flexibility index (Phi) is 3.18. The van der Waals surface area contributed by atoms with Gasteiger partial charge in [0.1, 0.15) is 0 Å². The zero-order valence-electron chi connectivity index (χ0n) is 11.7. The largest absolute Gasteiger partial charge is 0.217 e. The number of aryl methyl sites for hydroxylation is 1. The Morgan fingerprint density at radius 3 is 2.45 bits per heavy atom. The molecule has 4 nitrogen and oxygen atoms in total. The minimum Gasteiger partial charge on any atom is -0.217 e. The molecule has 0 aliphatic rings. The Balaban J connectivity index is 2.33. The van der Waals surface area contributed by atoms with Crippen molar-refractivity contribution in [2.45, 2.75) is 27.2 Å². The predicted molar refractivity (Wildman–Crippen MR) is 80.5 cm³/mol. The van der Waals surface area contributed by atoms with Crippen LogP contribution in [0.2, 0.25) is 5.15 Å². The molecule has 2 heterocycles. The quantitative estimate of drug-likeness (QED) is 0.722. The summed E-state index contributed by atoms with van der Waals surface area (Å²) < 4.78 is 1.86. The summed E-state index contributed by atoms with van der Waals surface area (Å²) in [5, 5.41) is 15.2. The Morgan fingerprint density at radius 2 is 1.80 bits per heavy atom. The Bertz CT molecular complexity index is 792. The van der Waals surface area contributed by atoms with Crippen LogP contribution in [0, 0.1) is 13.8 Å². The van der Waals surface area contributed by atoms with Gasteiger partial charge in [0.05, 0.1) is 5.69 Å². The number of hydrogen-bond acceptors (Lipinski definition) is 3. The van der Waals surface area contributed by atoms with Gasteiger partial charge in [-0.2, -0.15) is 5.10 Å². The van der Waals surface area contributed by atoms with Crippen molar-refractivity contribution in [3.05, 3.63) is 46.4 Å². The maximum absolute atomic E-state index is 6.12. The van der Waals surface area contributed by atoms with E-state index in [-0.39, 0.29) is 0 Å². The van der Waals surface area contributed by atoms with Crippen LogP contribution >= 0.6 is 11.6 Å². The van der Waals surface area contributed by atoms with Crippen molar-refractivity contribution in [1.29, 1.82) is 0 Å².